The predicted molar refractivity (Wildman–Crippen MR) is 49.7 cm³/mol. The number of aromatic nitrogens is 1. The smallest absolute Gasteiger partial charge is 0.179 e. The Morgan fingerprint density at radius 3 is 2.92 bits per heavy atom. The van der Waals surface area contributed by atoms with Gasteiger partial charge < -0.3 is 5.11 Å². The van der Waals surface area contributed by atoms with Gasteiger partial charge in [0.1, 0.15) is 6.61 Å². The van der Waals surface area contributed by atoms with Crippen molar-refractivity contribution >= 4 is 11.8 Å². The average Bonchev–Trinajstić information content (AvgIpc) is 2.09. The average molecular weight is 183 g/mol. The van der Waals surface area contributed by atoms with E-state index in [4.69, 9.17) is 5.11 Å². The Bertz CT molecular complexity index is 263. The highest BCUT2D eigenvalue weighted by Crippen LogP contribution is 2.14. The first-order chi connectivity index (χ1) is 5.77. The Hall–Kier alpha value is -0.540. The van der Waals surface area contributed by atoms with Gasteiger partial charge in [0.15, 0.2) is 18.4 Å². The first-order valence-electron chi connectivity index (χ1n) is 3.81. The molecule has 1 N–H and O–H groups in total. The first kappa shape index (κ1) is 9.55. The summed E-state index contributed by atoms with van der Waals surface area (Å²) < 4.78 is 2.01. The number of thioether (sulfide) groups is 1. The molecule has 1 radical (unpaired) electrons. The fraction of sp³-hybridized carbons (Fsp3) is 0.333. The molecule has 65 valence electrons. The summed E-state index contributed by atoms with van der Waals surface area (Å²) in [6.45, 7) is 2.87. The Morgan fingerprint density at radius 1 is 1.67 bits per heavy atom. The van der Waals surface area contributed by atoms with Crippen LogP contribution in [0, 0.1) is 13.2 Å². The van der Waals surface area contributed by atoms with Crippen LogP contribution >= 0.6 is 11.8 Å². The lowest BCUT2D eigenvalue weighted by molar-refractivity contribution is -0.704. The molecule has 3 heteroatoms. The van der Waals surface area contributed by atoms with Crippen LogP contribution in [0.1, 0.15) is 5.69 Å². The van der Waals surface area contributed by atoms with E-state index in [0.717, 1.165) is 10.6 Å². The third-order valence-corrected chi connectivity index (χ3v) is 2.32. The topological polar surface area (TPSA) is 24.1 Å². The highest BCUT2D eigenvalue weighted by Gasteiger charge is 2.04. The fourth-order valence-electron chi connectivity index (χ4n) is 1.07. The summed E-state index contributed by atoms with van der Waals surface area (Å²) in [4.78, 5) is 1.15. The van der Waals surface area contributed by atoms with E-state index < -0.39 is 0 Å². The minimum atomic E-state index is 0.183. The SMILES string of the molecule is [CH2]Sc1cc[n+](CCO)c(C)c1. The normalized spacial score (nSPS) is 10.2. The Kier molecular flexibility index (Phi) is 3.56. The van der Waals surface area contributed by atoms with Gasteiger partial charge in [-0.25, -0.2) is 4.57 Å². The highest BCUT2D eigenvalue weighted by atomic mass is 32.2. The maximum atomic E-state index is 8.73. The van der Waals surface area contributed by atoms with Gasteiger partial charge in [0.2, 0.25) is 0 Å². The van der Waals surface area contributed by atoms with Gasteiger partial charge in [-0.1, -0.05) is 0 Å². The summed E-state index contributed by atoms with van der Waals surface area (Å²) in [7, 11) is 0. The lowest BCUT2D eigenvalue weighted by atomic mass is 10.3. The molecule has 1 rings (SSSR count). The van der Waals surface area contributed by atoms with Crippen molar-refractivity contribution in [1.29, 1.82) is 0 Å². The lowest BCUT2D eigenvalue weighted by Crippen LogP contribution is -2.38. The van der Waals surface area contributed by atoms with Crippen LogP contribution in [0.2, 0.25) is 0 Å². The van der Waals surface area contributed by atoms with Crippen molar-refractivity contribution in [2.45, 2.75) is 18.4 Å². The molecule has 0 unspecified atom stereocenters. The summed E-state index contributed by atoms with van der Waals surface area (Å²) in [5.74, 6) is 0. The van der Waals surface area contributed by atoms with Gasteiger partial charge in [-0.05, 0) is 0 Å². The van der Waals surface area contributed by atoms with Crippen molar-refractivity contribution in [3.05, 3.63) is 30.3 Å². The van der Waals surface area contributed by atoms with Gasteiger partial charge in [0.05, 0.1) is 0 Å². The van der Waals surface area contributed by atoms with Crippen LogP contribution < -0.4 is 4.57 Å². The standard InChI is InChI=1S/C9H13NOS/c1-8-7-9(12-2)3-4-10(8)5-6-11/h3-4,7,11H,2,5-6H2,1H3/q+1. The third-order valence-electron chi connectivity index (χ3n) is 1.73. The van der Waals surface area contributed by atoms with E-state index in [0.29, 0.717) is 6.54 Å². The van der Waals surface area contributed by atoms with Crippen molar-refractivity contribution in [2.24, 2.45) is 0 Å². The minimum Gasteiger partial charge on any atom is -0.390 e. The zero-order chi connectivity index (χ0) is 8.97. The Labute approximate surface area is 77.2 Å². The van der Waals surface area contributed by atoms with E-state index in [1.807, 2.05) is 23.8 Å². The van der Waals surface area contributed by atoms with Gasteiger partial charge in [-0.2, -0.15) is 0 Å². The molecule has 0 aliphatic heterocycles. The van der Waals surface area contributed by atoms with Gasteiger partial charge >= 0.3 is 0 Å². The van der Waals surface area contributed by atoms with E-state index in [9.17, 15) is 0 Å². The van der Waals surface area contributed by atoms with Crippen LogP contribution in [-0.2, 0) is 6.54 Å². The second kappa shape index (κ2) is 4.48. The van der Waals surface area contributed by atoms with E-state index >= 15 is 0 Å². The van der Waals surface area contributed by atoms with Gasteiger partial charge in [-0.15, -0.1) is 11.8 Å². The summed E-state index contributed by atoms with van der Waals surface area (Å²) in [6.07, 6.45) is 5.70. The molecule has 0 aliphatic carbocycles. The Morgan fingerprint density at radius 2 is 2.42 bits per heavy atom. The molecule has 0 fully saturated rings. The lowest BCUT2D eigenvalue weighted by Gasteiger charge is -1.99. The number of hydrogen-bond donors (Lipinski definition) is 1. The minimum absolute atomic E-state index is 0.183. The molecule has 0 atom stereocenters. The second-order valence-electron chi connectivity index (χ2n) is 2.57. The van der Waals surface area contributed by atoms with Crippen molar-refractivity contribution in [2.75, 3.05) is 6.61 Å². The van der Waals surface area contributed by atoms with Crippen molar-refractivity contribution in [3.63, 3.8) is 0 Å². The Balaban J connectivity index is 2.87. The van der Waals surface area contributed by atoms with E-state index in [-0.39, 0.29) is 6.61 Å². The van der Waals surface area contributed by atoms with Crippen molar-refractivity contribution < 1.29 is 9.67 Å². The maximum Gasteiger partial charge on any atom is 0.179 e. The summed E-state index contributed by atoms with van der Waals surface area (Å²) in [6, 6.07) is 4.06. The quantitative estimate of drug-likeness (QED) is 0.561. The molecule has 0 saturated carbocycles. The number of nitrogens with zero attached hydrogens (tertiary/aromatic N) is 1. The fourth-order valence-corrected chi connectivity index (χ4v) is 1.48. The van der Waals surface area contributed by atoms with Crippen molar-refractivity contribution in [1.82, 2.24) is 0 Å². The molecular formula is C9H13NOS+. The highest BCUT2D eigenvalue weighted by molar-refractivity contribution is 8.00. The molecule has 0 spiro atoms. The summed E-state index contributed by atoms with van der Waals surface area (Å²) in [5, 5.41) is 8.73. The predicted octanol–water partition coefficient (Wildman–Crippen LogP) is 1.16. The third kappa shape index (κ3) is 2.22. The van der Waals surface area contributed by atoms with Crippen LogP contribution in [0.5, 0.6) is 0 Å². The molecule has 12 heavy (non-hydrogen) atoms. The molecule has 0 saturated heterocycles. The number of aliphatic hydroxyl groups excluding tert-OH is 1. The van der Waals surface area contributed by atoms with Gasteiger partial charge in [0, 0.05) is 30.2 Å². The van der Waals surface area contributed by atoms with Gasteiger partial charge in [-0.3, -0.25) is 0 Å². The van der Waals surface area contributed by atoms with Crippen molar-refractivity contribution in [3.8, 4) is 0 Å². The van der Waals surface area contributed by atoms with Crippen LogP contribution in [0.4, 0.5) is 0 Å². The maximum absolute atomic E-state index is 8.73. The van der Waals surface area contributed by atoms with E-state index in [1.54, 1.807) is 0 Å². The van der Waals surface area contributed by atoms with Crippen LogP contribution in [-0.4, -0.2) is 11.7 Å². The summed E-state index contributed by atoms with van der Waals surface area (Å²) in [5.41, 5.74) is 1.15. The van der Waals surface area contributed by atoms with Crippen LogP contribution in [0.15, 0.2) is 23.2 Å². The molecule has 0 amide bonds. The number of rotatable bonds is 3. The summed E-state index contributed by atoms with van der Waals surface area (Å²) >= 11 is 1.48. The molecule has 0 bridgehead atoms. The zero-order valence-electron chi connectivity index (χ0n) is 7.16. The molecule has 1 aromatic rings. The molecular weight excluding hydrogens is 170 g/mol. The second-order valence-corrected chi connectivity index (χ2v) is 3.33. The number of hydrogen-bond acceptors (Lipinski definition) is 2. The van der Waals surface area contributed by atoms with E-state index in [1.165, 1.54) is 11.8 Å². The van der Waals surface area contributed by atoms with Crippen LogP contribution in [0.25, 0.3) is 0 Å². The number of aryl methyl sites for hydroxylation is 1. The molecule has 1 heterocycles. The number of pyridine rings is 1. The molecule has 1 aromatic heterocycles. The molecule has 2 nitrogen and oxygen atoms in total. The van der Waals surface area contributed by atoms with E-state index in [2.05, 4.69) is 12.3 Å². The number of aliphatic hydroxyl groups is 1. The van der Waals surface area contributed by atoms with Crippen LogP contribution in [0.3, 0.4) is 0 Å². The largest absolute Gasteiger partial charge is 0.390 e. The van der Waals surface area contributed by atoms with Gasteiger partial charge in [0.25, 0.3) is 0 Å². The molecule has 0 aliphatic rings. The zero-order valence-corrected chi connectivity index (χ0v) is 7.97. The monoisotopic (exact) mass is 183 g/mol. The molecule has 0 aromatic carbocycles. The first-order valence-corrected chi connectivity index (χ1v) is 4.79.